The lowest BCUT2D eigenvalue weighted by Gasteiger charge is -2.19. The summed E-state index contributed by atoms with van der Waals surface area (Å²) in [6.45, 7) is 8.30. The van der Waals surface area contributed by atoms with Gasteiger partial charge in [0.05, 0.1) is 7.11 Å². The normalized spacial score (nSPS) is 11.0. The SMILES string of the molecule is CCN(CC)Cc1ccc(OC)c(CSCCN)c1. The highest BCUT2D eigenvalue weighted by atomic mass is 32.2. The van der Waals surface area contributed by atoms with Crippen LogP contribution in [0.3, 0.4) is 0 Å². The molecule has 0 atom stereocenters. The topological polar surface area (TPSA) is 38.5 Å². The van der Waals surface area contributed by atoms with Crippen LogP contribution in [0.25, 0.3) is 0 Å². The number of thioether (sulfide) groups is 1. The van der Waals surface area contributed by atoms with Crippen molar-refractivity contribution in [3.05, 3.63) is 29.3 Å². The van der Waals surface area contributed by atoms with Gasteiger partial charge in [0.1, 0.15) is 5.75 Å². The highest BCUT2D eigenvalue weighted by molar-refractivity contribution is 7.98. The average Bonchev–Trinajstić information content (AvgIpc) is 2.45. The number of rotatable bonds is 9. The van der Waals surface area contributed by atoms with Gasteiger partial charge in [0, 0.05) is 30.2 Å². The monoisotopic (exact) mass is 282 g/mol. The van der Waals surface area contributed by atoms with Crippen molar-refractivity contribution >= 4 is 11.8 Å². The van der Waals surface area contributed by atoms with Crippen LogP contribution in [0.5, 0.6) is 5.75 Å². The number of methoxy groups -OCH3 is 1. The third-order valence-corrected chi connectivity index (χ3v) is 4.20. The molecule has 2 N–H and O–H groups in total. The number of nitrogens with two attached hydrogens (primary N) is 1. The second kappa shape index (κ2) is 9.23. The highest BCUT2D eigenvalue weighted by Gasteiger charge is 2.07. The molecule has 0 aromatic heterocycles. The molecular formula is C15H26N2OS. The zero-order valence-electron chi connectivity index (χ0n) is 12.3. The van der Waals surface area contributed by atoms with E-state index in [4.69, 9.17) is 10.5 Å². The molecule has 0 unspecified atom stereocenters. The summed E-state index contributed by atoms with van der Waals surface area (Å²) in [5.74, 6) is 2.93. The van der Waals surface area contributed by atoms with Crippen LogP contribution < -0.4 is 10.5 Å². The molecule has 0 aliphatic rings. The van der Waals surface area contributed by atoms with Gasteiger partial charge in [-0.15, -0.1) is 0 Å². The van der Waals surface area contributed by atoms with Crippen LogP contribution in [-0.2, 0) is 12.3 Å². The van der Waals surface area contributed by atoms with Gasteiger partial charge in [0.2, 0.25) is 0 Å². The molecule has 108 valence electrons. The maximum Gasteiger partial charge on any atom is 0.122 e. The molecule has 4 heteroatoms. The van der Waals surface area contributed by atoms with Crippen LogP contribution >= 0.6 is 11.8 Å². The van der Waals surface area contributed by atoms with E-state index in [1.54, 1.807) is 7.11 Å². The van der Waals surface area contributed by atoms with E-state index in [-0.39, 0.29) is 0 Å². The molecule has 0 aliphatic heterocycles. The second-order valence-electron chi connectivity index (χ2n) is 4.45. The summed E-state index contributed by atoms with van der Waals surface area (Å²) in [6.07, 6.45) is 0. The number of hydrogen-bond acceptors (Lipinski definition) is 4. The lowest BCUT2D eigenvalue weighted by Crippen LogP contribution is -2.22. The Morgan fingerprint density at radius 1 is 1.26 bits per heavy atom. The molecular weight excluding hydrogens is 256 g/mol. The summed E-state index contributed by atoms with van der Waals surface area (Å²) >= 11 is 1.86. The molecule has 0 saturated carbocycles. The van der Waals surface area contributed by atoms with E-state index >= 15 is 0 Å². The third kappa shape index (κ3) is 5.43. The Bertz CT molecular complexity index is 367. The van der Waals surface area contributed by atoms with E-state index in [0.717, 1.165) is 43.4 Å². The second-order valence-corrected chi connectivity index (χ2v) is 5.55. The first kappa shape index (κ1) is 16.3. The molecule has 0 aliphatic carbocycles. The Labute approximate surface area is 121 Å². The fourth-order valence-electron chi connectivity index (χ4n) is 2.01. The fourth-order valence-corrected chi connectivity index (χ4v) is 2.77. The van der Waals surface area contributed by atoms with Gasteiger partial charge in [0.15, 0.2) is 0 Å². The van der Waals surface area contributed by atoms with Gasteiger partial charge < -0.3 is 10.5 Å². The summed E-state index contributed by atoms with van der Waals surface area (Å²) in [5, 5.41) is 0. The smallest absolute Gasteiger partial charge is 0.122 e. The van der Waals surface area contributed by atoms with Crippen molar-refractivity contribution in [2.24, 2.45) is 5.73 Å². The average molecular weight is 282 g/mol. The lowest BCUT2D eigenvalue weighted by molar-refractivity contribution is 0.295. The minimum Gasteiger partial charge on any atom is -0.496 e. The van der Waals surface area contributed by atoms with E-state index in [2.05, 4.69) is 36.9 Å². The summed E-state index contributed by atoms with van der Waals surface area (Å²) in [6, 6.07) is 6.51. The Morgan fingerprint density at radius 3 is 2.58 bits per heavy atom. The minimum atomic E-state index is 0.728. The predicted molar refractivity (Wildman–Crippen MR) is 84.8 cm³/mol. The van der Waals surface area contributed by atoms with E-state index in [1.807, 2.05) is 11.8 Å². The molecule has 0 heterocycles. The lowest BCUT2D eigenvalue weighted by atomic mass is 10.1. The van der Waals surface area contributed by atoms with Gasteiger partial charge in [-0.1, -0.05) is 19.9 Å². The Hall–Kier alpha value is -0.710. The number of nitrogens with zero attached hydrogens (tertiary/aromatic N) is 1. The molecule has 0 saturated heterocycles. The van der Waals surface area contributed by atoms with Crippen LogP contribution in [0.2, 0.25) is 0 Å². The standard InChI is InChI=1S/C15H26N2OS/c1-4-17(5-2)11-13-6-7-15(18-3)14(10-13)12-19-9-8-16/h6-7,10H,4-5,8-9,11-12,16H2,1-3H3. The first-order valence-corrected chi connectivity index (χ1v) is 8.06. The minimum absolute atomic E-state index is 0.728. The quantitative estimate of drug-likeness (QED) is 0.707. The van der Waals surface area contributed by atoms with E-state index in [9.17, 15) is 0 Å². The van der Waals surface area contributed by atoms with Gasteiger partial charge in [-0.25, -0.2) is 0 Å². The molecule has 0 radical (unpaired) electrons. The molecule has 0 spiro atoms. The molecule has 1 aromatic rings. The van der Waals surface area contributed by atoms with Gasteiger partial charge in [-0.3, -0.25) is 4.90 Å². The van der Waals surface area contributed by atoms with Crippen LogP contribution in [0.1, 0.15) is 25.0 Å². The third-order valence-electron chi connectivity index (χ3n) is 3.17. The van der Waals surface area contributed by atoms with Crippen LogP contribution in [0.15, 0.2) is 18.2 Å². The van der Waals surface area contributed by atoms with Crippen molar-refractivity contribution in [1.29, 1.82) is 0 Å². The van der Waals surface area contributed by atoms with Gasteiger partial charge in [-0.2, -0.15) is 11.8 Å². The summed E-state index contributed by atoms with van der Waals surface area (Å²) < 4.78 is 5.43. The zero-order valence-corrected chi connectivity index (χ0v) is 13.1. The Balaban J connectivity index is 2.75. The van der Waals surface area contributed by atoms with Crippen LogP contribution in [-0.4, -0.2) is 37.4 Å². The number of benzene rings is 1. The van der Waals surface area contributed by atoms with Crippen molar-refractivity contribution in [3.63, 3.8) is 0 Å². The molecule has 0 bridgehead atoms. The van der Waals surface area contributed by atoms with Crippen molar-refractivity contribution in [2.45, 2.75) is 26.1 Å². The van der Waals surface area contributed by atoms with Gasteiger partial charge >= 0.3 is 0 Å². The van der Waals surface area contributed by atoms with Crippen molar-refractivity contribution in [3.8, 4) is 5.75 Å². The molecule has 1 aromatic carbocycles. The van der Waals surface area contributed by atoms with E-state index < -0.39 is 0 Å². The van der Waals surface area contributed by atoms with Crippen molar-refractivity contribution in [2.75, 3.05) is 32.5 Å². The molecule has 0 amide bonds. The van der Waals surface area contributed by atoms with E-state index in [1.165, 1.54) is 11.1 Å². The summed E-state index contributed by atoms with van der Waals surface area (Å²) in [4.78, 5) is 2.42. The molecule has 1 rings (SSSR count). The largest absolute Gasteiger partial charge is 0.496 e. The first-order valence-electron chi connectivity index (χ1n) is 6.91. The van der Waals surface area contributed by atoms with Gasteiger partial charge in [-0.05, 0) is 30.8 Å². The molecule has 19 heavy (non-hydrogen) atoms. The Morgan fingerprint density at radius 2 is 2.00 bits per heavy atom. The Kier molecular flexibility index (Phi) is 7.94. The zero-order chi connectivity index (χ0) is 14.1. The summed E-state index contributed by atoms with van der Waals surface area (Å²) in [5.41, 5.74) is 8.16. The maximum absolute atomic E-state index is 5.54. The molecule has 0 fully saturated rings. The van der Waals surface area contributed by atoms with Crippen molar-refractivity contribution < 1.29 is 4.74 Å². The molecule has 3 nitrogen and oxygen atoms in total. The number of ether oxygens (including phenoxy) is 1. The number of hydrogen-bond donors (Lipinski definition) is 1. The van der Waals surface area contributed by atoms with Crippen molar-refractivity contribution in [1.82, 2.24) is 4.90 Å². The van der Waals surface area contributed by atoms with Crippen LogP contribution in [0, 0.1) is 0 Å². The maximum atomic E-state index is 5.54. The highest BCUT2D eigenvalue weighted by Crippen LogP contribution is 2.25. The predicted octanol–water partition coefficient (Wildman–Crippen LogP) is 2.73. The van der Waals surface area contributed by atoms with Crippen LogP contribution in [0.4, 0.5) is 0 Å². The first-order chi connectivity index (χ1) is 9.24. The fraction of sp³-hybridized carbons (Fsp3) is 0.600. The van der Waals surface area contributed by atoms with E-state index in [0.29, 0.717) is 0 Å². The summed E-state index contributed by atoms with van der Waals surface area (Å²) in [7, 11) is 1.73. The van der Waals surface area contributed by atoms with Gasteiger partial charge in [0.25, 0.3) is 0 Å².